The summed E-state index contributed by atoms with van der Waals surface area (Å²) < 4.78 is 82.3. The van der Waals surface area contributed by atoms with Gasteiger partial charge in [0.2, 0.25) is 0 Å². The Morgan fingerprint density at radius 1 is 0.696 bits per heavy atom. The van der Waals surface area contributed by atoms with Crippen molar-refractivity contribution in [3.63, 3.8) is 0 Å². The summed E-state index contributed by atoms with van der Waals surface area (Å²) in [6, 6.07) is 7.86. The molecule has 124 valence electrons. The van der Waals surface area contributed by atoms with Gasteiger partial charge >= 0.3 is 12.7 Å². The number of benzene rings is 2. The number of nitrogens with two attached hydrogens (primary N) is 1. The fourth-order valence-electron chi connectivity index (χ4n) is 1.87. The van der Waals surface area contributed by atoms with Crippen molar-refractivity contribution in [1.29, 1.82) is 0 Å². The summed E-state index contributed by atoms with van der Waals surface area (Å²) in [5.41, 5.74) is 5.04. The van der Waals surface area contributed by atoms with Gasteiger partial charge in [0.15, 0.2) is 0 Å². The lowest BCUT2D eigenvalue weighted by molar-refractivity contribution is -0.276. The Morgan fingerprint density at radius 2 is 1.22 bits per heavy atom. The van der Waals surface area contributed by atoms with E-state index in [4.69, 9.17) is 5.73 Å². The summed E-state index contributed by atoms with van der Waals surface area (Å²) in [5.74, 6) is -1.36. The number of halogens is 6. The van der Waals surface area contributed by atoms with Gasteiger partial charge in [0.25, 0.3) is 0 Å². The lowest BCUT2D eigenvalue weighted by Gasteiger charge is -2.17. The molecular weight excluding hydrogens is 328 g/mol. The average Bonchev–Trinajstić information content (AvgIpc) is 2.38. The van der Waals surface area contributed by atoms with E-state index in [2.05, 4.69) is 9.47 Å². The van der Waals surface area contributed by atoms with Crippen LogP contribution in [0.5, 0.6) is 11.5 Å². The first kappa shape index (κ1) is 16.8. The molecule has 0 fully saturated rings. The Hall–Kier alpha value is -2.58. The maximum absolute atomic E-state index is 12.4. The highest BCUT2D eigenvalue weighted by molar-refractivity contribution is 5.78. The Kier molecular flexibility index (Phi) is 4.31. The number of ether oxygens (including phenoxy) is 2. The predicted octanol–water partition coefficient (Wildman–Crippen LogP) is 4.73. The third-order valence-electron chi connectivity index (χ3n) is 2.63. The van der Waals surface area contributed by atoms with Crippen molar-refractivity contribution in [2.45, 2.75) is 12.7 Å². The van der Waals surface area contributed by atoms with Gasteiger partial charge in [-0.15, -0.1) is 26.3 Å². The summed E-state index contributed by atoms with van der Waals surface area (Å²) in [4.78, 5) is 0. The fraction of sp³-hybridized carbons (Fsp3) is 0.143. The normalized spacial score (nSPS) is 12.1. The van der Waals surface area contributed by atoms with Crippen LogP contribution in [0.2, 0.25) is 0 Å². The van der Waals surface area contributed by atoms with Crippen molar-refractivity contribution in [3.05, 3.63) is 42.5 Å². The minimum Gasteiger partial charge on any atom is -0.405 e. The molecule has 0 unspecified atom stereocenters. The van der Waals surface area contributed by atoms with Crippen molar-refractivity contribution in [1.82, 2.24) is 0 Å². The lowest BCUT2D eigenvalue weighted by Crippen LogP contribution is -2.19. The quantitative estimate of drug-likeness (QED) is 0.650. The summed E-state index contributed by atoms with van der Waals surface area (Å²) in [6.45, 7) is 0. The number of para-hydroxylation sites is 1. The molecule has 0 heterocycles. The van der Waals surface area contributed by atoms with Crippen LogP contribution in [0, 0.1) is 0 Å². The molecule has 0 saturated heterocycles. The van der Waals surface area contributed by atoms with Gasteiger partial charge in [0, 0.05) is 16.8 Å². The van der Waals surface area contributed by atoms with Gasteiger partial charge in [-0.3, -0.25) is 0 Å². The van der Waals surface area contributed by atoms with Crippen molar-refractivity contribution < 1.29 is 35.8 Å². The van der Waals surface area contributed by atoms with Gasteiger partial charge in [0.05, 0.1) is 0 Å². The van der Waals surface area contributed by atoms with Gasteiger partial charge in [0.1, 0.15) is 11.5 Å². The predicted molar refractivity (Wildman–Crippen MR) is 69.7 cm³/mol. The van der Waals surface area contributed by atoms with E-state index in [9.17, 15) is 26.3 Å². The molecule has 0 aliphatic rings. The van der Waals surface area contributed by atoms with Gasteiger partial charge in [-0.05, 0) is 24.3 Å². The van der Waals surface area contributed by atoms with Crippen LogP contribution in [-0.4, -0.2) is 12.7 Å². The SMILES string of the molecule is Nc1ccc(OC(F)(F)F)c(-c2ccccc2OC(F)(F)F)c1. The summed E-state index contributed by atoms with van der Waals surface area (Å²) in [5, 5.41) is 0. The summed E-state index contributed by atoms with van der Waals surface area (Å²) >= 11 is 0. The van der Waals surface area contributed by atoms with Crippen LogP contribution >= 0.6 is 0 Å². The molecule has 23 heavy (non-hydrogen) atoms. The van der Waals surface area contributed by atoms with E-state index in [-0.39, 0.29) is 16.8 Å². The maximum Gasteiger partial charge on any atom is 0.573 e. The molecule has 0 atom stereocenters. The van der Waals surface area contributed by atoms with Crippen molar-refractivity contribution in [3.8, 4) is 22.6 Å². The Labute approximate surface area is 126 Å². The maximum atomic E-state index is 12.4. The van der Waals surface area contributed by atoms with Crippen molar-refractivity contribution in [2.24, 2.45) is 0 Å². The highest BCUT2D eigenvalue weighted by Crippen LogP contribution is 2.41. The first-order valence-electron chi connectivity index (χ1n) is 6.05. The molecule has 3 nitrogen and oxygen atoms in total. The molecule has 2 N–H and O–H groups in total. The first-order valence-corrected chi connectivity index (χ1v) is 6.05. The zero-order valence-corrected chi connectivity index (χ0v) is 11.2. The van der Waals surface area contributed by atoms with E-state index in [1.165, 1.54) is 18.2 Å². The number of anilines is 1. The molecule has 0 saturated carbocycles. The van der Waals surface area contributed by atoms with E-state index in [1.807, 2.05) is 0 Å². The number of hydrogen-bond donors (Lipinski definition) is 1. The zero-order chi connectivity index (χ0) is 17.3. The van der Waals surface area contributed by atoms with Crippen LogP contribution in [0.15, 0.2) is 42.5 Å². The molecule has 0 spiro atoms. The second-order valence-electron chi connectivity index (χ2n) is 4.35. The van der Waals surface area contributed by atoms with E-state index in [0.29, 0.717) is 0 Å². The van der Waals surface area contributed by atoms with Crippen LogP contribution in [0.25, 0.3) is 11.1 Å². The monoisotopic (exact) mass is 337 g/mol. The number of alkyl halides is 6. The van der Waals surface area contributed by atoms with E-state index in [1.54, 1.807) is 0 Å². The molecule has 9 heteroatoms. The number of nitrogen functional groups attached to an aromatic ring is 1. The van der Waals surface area contributed by atoms with Crippen molar-refractivity contribution >= 4 is 5.69 Å². The number of hydrogen-bond acceptors (Lipinski definition) is 3. The summed E-state index contributed by atoms with van der Waals surface area (Å²) in [6.07, 6.45) is -10.0. The second-order valence-corrected chi connectivity index (χ2v) is 4.35. The molecular formula is C14H9F6NO2. The van der Waals surface area contributed by atoms with Crippen LogP contribution in [0.1, 0.15) is 0 Å². The first-order chi connectivity index (χ1) is 10.6. The van der Waals surface area contributed by atoms with E-state index in [0.717, 1.165) is 24.3 Å². The van der Waals surface area contributed by atoms with E-state index >= 15 is 0 Å². The standard InChI is InChI=1S/C14H9F6NO2/c15-13(16,17)22-11-4-2-1-3-9(11)10-7-8(21)5-6-12(10)23-14(18,19)20/h1-7H,21H2. The second kappa shape index (κ2) is 5.90. The van der Waals surface area contributed by atoms with Gasteiger partial charge in [-0.2, -0.15) is 0 Å². The van der Waals surface area contributed by atoms with E-state index < -0.39 is 24.2 Å². The van der Waals surface area contributed by atoms with Crippen molar-refractivity contribution in [2.75, 3.05) is 5.73 Å². The largest absolute Gasteiger partial charge is 0.573 e. The fourth-order valence-corrected chi connectivity index (χ4v) is 1.87. The van der Waals surface area contributed by atoms with Crippen LogP contribution in [-0.2, 0) is 0 Å². The molecule has 0 aromatic heterocycles. The molecule has 0 aliphatic heterocycles. The highest BCUT2D eigenvalue weighted by atomic mass is 19.4. The van der Waals surface area contributed by atoms with Gasteiger partial charge < -0.3 is 15.2 Å². The highest BCUT2D eigenvalue weighted by Gasteiger charge is 2.34. The molecule has 0 amide bonds. The minimum absolute atomic E-state index is 0.0522. The third-order valence-corrected chi connectivity index (χ3v) is 2.63. The van der Waals surface area contributed by atoms with Crippen LogP contribution in [0.4, 0.5) is 32.0 Å². The molecule has 0 aliphatic carbocycles. The van der Waals surface area contributed by atoms with Gasteiger partial charge in [-0.25, -0.2) is 0 Å². The molecule has 0 radical (unpaired) electrons. The summed E-state index contributed by atoms with van der Waals surface area (Å²) in [7, 11) is 0. The molecule has 2 rings (SSSR count). The Morgan fingerprint density at radius 3 is 1.78 bits per heavy atom. The van der Waals surface area contributed by atoms with Crippen LogP contribution in [0.3, 0.4) is 0 Å². The molecule has 2 aromatic carbocycles. The zero-order valence-electron chi connectivity index (χ0n) is 11.2. The number of rotatable bonds is 3. The lowest BCUT2D eigenvalue weighted by atomic mass is 10.0. The minimum atomic E-state index is -5.01. The van der Waals surface area contributed by atoms with Crippen LogP contribution < -0.4 is 15.2 Å². The Balaban J connectivity index is 2.56. The average molecular weight is 337 g/mol. The molecule has 0 bridgehead atoms. The molecule has 2 aromatic rings. The third kappa shape index (κ3) is 4.70. The smallest absolute Gasteiger partial charge is 0.405 e. The van der Waals surface area contributed by atoms with Gasteiger partial charge in [-0.1, -0.05) is 18.2 Å². The Bertz CT molecular complexity index is 696. The topological polar surface area (TPSA) is 44.5 Å².